The summed E-state index contributed by atoms with van der Waals surface area (Å²) < 4.78 is 1.55. The van der Waals surface area contributed by atoms with E-state index in [0.29, 0.717) is 20.7 Å². The Balaban J connectivity index is 1.73. The fourth-order valence-electron chi connectivity index (χ4n) is 3.29. The summed E-state index contributed by atoms with van der Waals surface area (Å²) in [7, 11) is 0. The monoisotopic (exact) mass is 356 g/mol. The van der Waals surface area contributed by atoms with Gasteiger partial charge in [-0.25, -0.2) is 4.98 Å². The number of hydrogen-bond donors (Lipinski definition) is 0. The molecule has 130 valence electrons. The lowest BCUT2D eigenvalue weighted by atomic mass is 10.2. The van der Waals surface area contributed by atoms with E-state index in [4.69, 9.17) is 0 Å². The highest BCUT2D eigenvalue weighted by atomic mass is 32.1. The molecule has 1 fully saturated rings. The first-order valence-electron chi connectivity index (χ1n) is 8.51. The van der Waals surface area contributed by atoms with Crippen molar-refractivity contribution in [2.45, 2.75) is 13.8 Å². The van der Waals surface area contributed by atoms with Crippen molar-refractivity contribution in [1.29, 1.82) is 0 Å². The average Bonchev–Trinajstić information content (AvgIpc) is 3.07. The van der Waals surface area contributed by atoms with E-state index in [1.807, 2.05) is 24.0 Å². The molecule has 4 heterocycles. The van der Waals surface area contributed by atoms with Crippen molar-refractivity contribution < 1.29 is 4.79 Å². The highest BCUT2D eigenvalue weighted by Gasteiger charge is 2.23. The summed E-state index contributed by atoms with van der Waals surface area (Å²) in [5.74, 6) is 0.00364. The van der Waals surface area contributed by atoms with Crippen LogP contribution in [0.15, 0.2) is 29.2 Å². The number of nitrogens with zero attached hydrogens (tertiary/aromatic N) is 4. The van der Waals surface area contributed by atoms with Crippen molar-refractivity contribution in [1.82, 2.24) is 19.2 Å². The third-order valence-corrected chi connectivity index (χ3v) is 5.87. The fraction of sp³-hybridized carbons (Fsp3) is 0.389. The largest absolute Gasteiger partial charge is 0.335 e. The van der Waals surface area contributed by atoms with Crippen LogP contribution in [0.25, 0.3) is 15.9 Å². The maximum atomic E-state index is 12.8. The summed E-state index contributed by atoms with van der Waals surface area (Å²) in [6.45, 7) is 8.34. The molecule has 7 heteroatoms. The van der Waals surface area contributed by atoms with E-state index >= 15 is 0 Å². The second-order valence-corrected chi connectivity index (χ2v) is 7.39. The first-order valence-corrected chi connectivity index (χ1v) is 9.33. The van der Waals surface area contributed by atoms with Gasteiger partial charge in [-0.3, -0.25) is 14.0 Å². The van der Waals surface area contributed by atoms with Crippen molar-refractivity contribution in [3.8, 4) is 0 Å². The Bertz CT molecular complexity index is 1020. The van der Waals surface area contributed by atoms with Crippen LogP contribution in [0.5, 0.6) is 0 Å². The molecule has 0 saturated carbocycles. The lowest BCUT2D eigenvalue weighted by molar-refractivity contribution is 0.0648. The summed E-state index contributed by atoms with van der Waals surface area (Å²) in [4.78, 5) is 35.6. The number of fused-ring (bicyclic) bond motifs is 2. The van der Waals surface area contributed by atoms with Crippen LogP contribution >= 0.6 is 11.3 Å². The standard InChI is InChI=1S/C18H20N4O2S/c1-3-20-7-9-21(10-8-20)18(24)14-11-13-16(25-14)19-15-12(2)5-4-6-22(15)17(13)23/h4-6,11H,3,7-10H2,1-2H3. The lowest BCUT2D eigenvalue weighted by Gasteiger charge is -2.33. The van der Waals surface area contributed by atoms with Gasteiger partial charge in [0.05, 0.1) is 10.3 Å². The van der Waals surface area contributed by atoms with Crippen LogP contribution in [0.2, 0.25) is 0 Å². The number of hydrogen-bond acceptors (Lipinski definition) is 5. The highest BCUT2D eigenvalue weighted by Crippen LogP contribution is 2.24. The van der Waals surface area contributed by atoms with E-state index in [2.05, 4.69) is 16.8 Å². The van der Waals surface area contributed by atoms with Crippen LogP contribution in [0, 0.1) is 6.92 Å². The fourth-order valence-corrected chi connectivity index (χ4v) is 4.28. The Morgan fingerprint density at radius 1 is 1.28 bits per heavy atom. The van der Waals surface area contributed by atoms with Crippen LogP contribution in [-0.2, 0) is 0 Å². The molecule has 0 aromatic carbocycles. The second kappa shape index (κ2) is 6.24. The van der Waals surface area contributed by atoms with Gasteiger partial charge in [-0.2, -0.15) is 0 Å². The van der Waals surface area contributed by atoms with Crippen LogP contribution < -0.4 is 5.56 Å². The number of rotatable bonds is 2. The molecule has 1 aliphatic heterocycles. The Labute approximate surface area is 149 Å². The number of likely N-dealkylation sites (N-methyl/N-ethyl adjacent to an activating group) is 1. The number of aryl methyl sites for hydroxylation is 1. The van der Waals surface area contributed by atoms with E-state index in [-0.39, 0.29) is 11.5 Å². The van der Waals surface area contributed by atoms with Crippen molar-refractivity contribution >= 4 is 33.1 Å². The normalized spacial score (nSPS) is 16.0. The molecular formula is C18H20N4O2S. The first kappa shape index (κ1) is 16.2. The molecule has 6 nitrogen and oxygen atoms in total. The number of pyridine rings is 1. The smallest absolute Gasteiger partial charge is 0.266 e. The zero-order valence-corrected chi connectivity index (χ0v) is 15.2. The summed E-state index contributed by atoms with van der Waals surface area (Å²) >= 11 is 1.31. The van der Waals surface area contributed by atoms with Gasteiger partial charge in [0.1, 0.15) is 10.5 Å². The molecule has 1 amide bonds. The molecule has 0 radical (unpaired) electrons. The minimum Gasteiger partial charge on any atom is -0.335 e. The van der Waals surface area contributed by atoms with Crippen molar-refractivity contribution in [3.63, 3.8) is 0 Å². The number of piperazine rings is 1. The zero-order chi connectivity index (χ0) is 17.6. The molecular weight excluding hydrogens is 336 g/mol. The molecule has 0 atom stereocenters. The third-order valence-electron chi connectivity index (χ3n) is 4.85. The van der Waals surface area contributed by atoms with Crippen molar-refractivity contribution in [3.05, 3.63) is 45.2 Å². The molecule has 3 aromatic heterocycles. The minimum atomic E-state index is -0.116. The van der Waals surface area contributed by atoms with E-state index in [1.54, 1.807) is 16.7 Å². The number of carbonyl (C=O) groups is 1. The molecule has 0 spiro atoms. The lowest BCUT2D eigenvalue weighted by Crippen LogP contribution is -2.48. The quantitative estimate of drug-likeness (QED) is 0.705. The van der Waals surface area contributed by atoms with Crippen LogP contribution in [0.4, 0.5) is 0 Å². The molecule has 0 N–H and O–H groups in total. The molecule has 0 bridgehead atoms. The minimum absolute atomic E-state index is 0.00364. The summed E-state index contributed by atoms with van der Waals surface area (Å²) in [6, 6.07) is 5.47. The van der Waals surface area contributed by atoms with Crippen LogP contribution in [0.1, 0.15) is 22.2 Å². The molecule has 0 unspecified atom stereocenters. The number of aromatic nitrogens is 2. The predicted molar refractivity (Wildman–Crippen MR) is 99.6 cm³/mol. The molecule has 25 heavy (non-hydrogen) atoms. The molecule has 0 aliphatic carbocycles. The van der Waals surface area contributed by atoms with Gasteiger partial charge in [0, 0.05) is 32.4 Å². The van der Waals surface area contributed by atoms with Gasteiger partial charge >= 0.3 is 0 Å². The van der Waals surface area contributed by atoms with Gasteiger partial charge in [0.15, 0.2) is 0 Å². The van der Waals surface area contributed by atoms with E-state index in [0.717, 1.165) is 38.3 Å². The Hall–Kier alpha value is -2.25. The zero-order valence-electron chi connectivity index (χ0n) is 14.4. The summed E-state index contributed by atoms with van der Waals surface area (Å²) in [5, 5.41) is 0.517. The Morgan fingerprint density at radius 2 is 2.04 bits per heavy atom. The van der Waals surface area contributed by atoms with Gasteiger partial charge in [-0.1, -0.05) is 13.0 Å². The van der Waals surface area contributed by atoms with Gasteiger partial charge in [0.25, 0.3) is 11.5 Å². The first-order chi connectivity index (χ1) is 12.1. The molecule has 3 aromatic rings. The van der Waals surface area contributed by atoms with Crippen LogP contribution in [-0.4, -0.2) is 57.8 Å². The summed E-state index contributed by atoms with van der Waals surface area (Å²) in [5.41, 5.74) is 1.48. The van der Waals surface area contributed by atoms with E-state index in [9.17, 15) is 9.59 Å². The van der Waals surface area contributed by atoms with Gasteiger partial charge in [-0.05, 0) is 31.2 Å². The number of carbonyl (C=O) groups excluding carboxylic acids is 1. The second-order valence-electron chi connectivity index (χ2n) is 6.36. The highest BCUT2D eigenvalue weighted by molar-refractivity contribution is 7.20. The Kier molecular flexibility index (Phi) is 4.05. The third kappa shape index (κ3) is 2.73. The SMILES string of the molecule is CCN1CCN(C(=O)c2cc3c(=O)n4cccc(C)c4nc3s2)CC1. The van der Waals surface area contributed by atoms with Gasteiger partial charge in [-0.15, -0.1) is 11.3 Å². The topological polar surface area (TPSA) is 57.9 Å². The maximum absolute atomic E-state index is 12.8. The molecule has 1 aliphatic rings. The predicted octanol–water partition coefficient (Wildman–Crippen LogP) is 2.00. The number of amides is 1. The molecule has 4 rings (SSSR count). The van der Waals surface area contributed by atoms with Crippen molar-refractivity contribution in [2.75, 3.05) is 32.7 Å². The molecule has 1 saturated heterocycles. The maximum Gasteiger partial charge on any atom is 0.266 e. The van der Waals surface area contributed by atoms with Crippen LogP contribution in [0.3, 0.4) is 0 Å². The van der Waals surface area contributed by atoms with Crippen molar-refractivity contribution in [2.24, 2.45) is 0 Å². The van der Waals surface area contributed by atoms with E-state index < -0.39 is 0 Å². The average molecular weight is 356 g/mol. The number of thiophene rings is 1. The van der Waals surface area contributed by atoms with E-state index in [1.165, 1.54) is 11.3 Å². The van der Waals surface area contributed by atoms with Gasteiger partial charge in [0.2, 0.25) is 0 Å². The Morgan fingerprint density at radius 3 is 2.76 bits per heavy atom. The summed E-state index contributed by atoms with van der Waals surface area (Å²) in [6.07, 6.45) is 1.72. The van der Waals surface area contributed by atoms with Gasteiger partial charge < -0.3 is 9.80 Å².